The fourth-order valence-corrected chi connectivity index (χ4v) is 4.82. The number of nitro groups is 1. The van der Waals surface area contributed by atoms with E-state index < -0.39 is 14.9 Å². The van der Waals surface area contributed by atoms with Crippen molar-refractivity contribution < 1.29 is 23.2 Å². The molecular formula is C23H22N4O6S. The Labute approximate surface area is 196 Å². The van der Waals surface area contributed by atoms with Crippen molar-refractivity contribution in [1.29, 1.82) is 0 Å². The van der Waals surface area contributed by atoms with Crippen LogP contribution < -0.4 is 9.62 Å². The summed E-state index contributed by atoms with van der Waals surface area (Å²) < 4.78 is 27.5. The van der Waals surface area contributed by atoms with Gasteiger partial charge < -0.3 is 14.9 Å². The molecule has 1 saturated heterocycles. The molecule has 0 aliphatic carbocycles. The summed E-state index contributed by atoms with van der Waals surface area (Å²) >= 11 is 0. The van der Waals surface area contributed by atoms with Crippen LogP contribution in [0.3, 0.4) is 0 Å². The second-order valence-corrected chi connectivity index (χ2v) is 9.39. The molecule has 1 aliphatic heterocycles. The molecule has 0 atom stereocenters. The predicted octanol–water partition coefficient (Wildman–Crippen LogP) is 3.06. The van der Waals surface area contributed by atoms with Gasteiger partial charge in [0.05, 0.1) is 15.5 Å². The van der Waals surface area contributed by atoms with Crippen molar-refractivity contribution in [3.05, 3.63) is 88.5 Å². The highest BCUT2D eigenvalue weighted by atomic mass is 32.2. The zero-order chi connectivity index (χ0) is 24.3. The highest BCUT2D eigenvalue weighted by molar-refractivity contribution is 7.92. The standard InChI is InChI=1S/C23H22N4O6S/c28-22-7-2-1-6-21(22)25-12-14-26(15-13-25)23(29)17-8-10-18(11-9-17)24-34(32,33)20-5-3-4-19(16-20)27(30)31/h1-11,16,24,28H,12-15H2. The molecule has 3 aromatic carbocycles. The summed E-state index contributed by atoms with van der Waals surface area (Å²) in [6, 6.07) is 17.8. The van der Waals surface area contributed by atoms with Crippen LogP contribution in [0, 0.1) is 10.1 Å². The van der Waals surface area contributed by atoms with E-state index in [-0.39, 0.29) is 27.9 Å². The molecule has 0 radical (unpaired) electrons. The largest absolute Gasteiger partial charge is 0.506 e. The maximum Gasteiger partial charge on any atom is 0.270 e. The maximum atomic E-state index is 12.9. The van der Waals surface area contributed by atoms with Crippen molar-refractivity contribution in [2.45, 2.75) is 4.90 Å². The third-order valence-corrected chi connectivity index (χ3v) is 6.89. The van der Waals surface area contributed by atoms with Gasteiger partial charge in [-0.3, -0.25) is 19.6 Å². The number of piperazine rings is 1. The van der Waals surface area contributed by atoms with Crippen LogP contribution in [-0.2, 0) is 10.0 Å². The Hall–Kier alpha value is -4.12. The number of hydrogen-bond donors (Lipinski definition) is 2. The van der Waals surface area contributed by atoms with Gasteiger partial charge in [0.2, 0.25) is 0 Å². The van der Waals surface area contributed by atoms with E-state index in [2.05, 4.69) is 4.72 Å². The molecule has 0 bridgehead atoms. The first kappa shape index (κ1) is 23.1. The van der Waals surface area contributed by atoms with E-state index in [1.165, 1.54) is 42.5 Å². The van der Waals surface area contributed by atoms with Gasteiger partial charge >= 0.3 is 0 Å². The van der Waals surface area contributed by atoms with Crippen LogP contribution in [0.15, 0.2) is 77.7 Å². The lowest BCUT2D eigenvalue weighted by Gasteiger charge is -2.36. The summed E-state index contributed by atoms with van der Waals surface area (Å²) in [4.78, 5) is 26.6. The summed E-state index contributed by atoms with van der Waals surface area (Å²) in [7, 11) is -4.03. The van der Waals surface area contributed by atoms with Crippen molar-refractivity contribution in [2.24, 2.45) is 0 Å². The SMILES string of the molecule is O=C(c1ccc(NS(=O)(=O)c2cccc([N+](=O)[O-])c2)cc1)N1CCN(c2ccccc2O)CC1. The molecule has 3 aromatic rings. The first-order chi connectivity index (χ1) is 16.2. The number of benzene rings is 3. The number of carbonyl (C=O) groups is 1. The molecule has 1 aliphatic rings. The van der Waals surface area contributed by atoms with Crippen molar-refractivity contribution in [2.75, 3.05) is 35.8 Å². The maximum absolute atomic E-state index is 12.9. The summed E-state index contributed by atoms with van der Waals surface area (Å²) in [5, 5.41) is 20.9. The number of phenols is 1. The molecule has 176 valence electrons. The van der Waals surface area contributed by atoms with Gasteiger partial charge in [-0.05, 0) is 42.5 Å². The van der Waals surface area contributed by atoms with E-state index in [1.807, 2.05) is 17.0 Å². The topological polar surface area (TPSA) is 133 Å². The summed E-state index contributed by atoms with van der Waals surface area (Å²) in [5.41, 5.74) is 1.04. The first-order valence-corrected chi connectivity index (χ1v) is 11.9. The predicted molar refractivity (Wildman–Crippen MR) is 127 cm³/mol. The molecule has 11 heteroatoms. The Morgan fingerprint density at radius 3 is 2.26 bits per heavy atom. The average molecular weight is 483 g/mol. The zero-order valence-corrected chi connectivity index (χ0v) is 18.8. The number of carbonyl (C=O) groups excluding carboxylic acids is 1. The molecule has 0 aromatic heterocycles. The molecule has 34 heavy (non-hydrogen) atoms. The smallest absolute Gasteiger partial charge is 0.270 e. The Kier molecular flexibility index (Phi) is 6.37. The zero-order valence-electron chi connectivity index (χ0n) is 18.0. The lowest BCUT2D eigenvalue weighted by Crippen LogP contribution is -2.48. The van der Waals surface area contributed by atoms with Gasteiger partial charge in [0.1, 0.15) is 5.75 Å². The van der Waals surface area contributed by atoms with E-state index >= 15 is 0 Å². The molecule has 0 saturated carbocycles. The summed E-state index contributed by atoms with van der Waals surface area (Å²) in [5.74, 6) is 0.0236. The summed E-state index contributed by atoms with van der Waals surface area (Å²) in [6.07, 6.45) is 0. The van der Waals surface area contributed by atoms with E-state index in [9.17, 15) is 28.4 Å². The number of nitrogens with one attached hydrogen (secondary N) is 1. The fourth-order valence-electron chi connectivity index (χ4n) is 3.72. The first-order valence-electron chi connectivity index (χ1n) is 10.4. The van der Waals surface area contributed by atoms with Crippen LogP contribution in [0.2, 0.25) is 0 Å². The highest BCUT2D eigenvalue weighted by Crippen LogP contribution is 2.27. The monoisotopic (exact) mass is 482 g/mol. The van der Waals surface area contributed by atoms with Gasteiger partial charge in [-0.2, -0.15) is 0 Å². The number of para-hydroxylation sites is 2. The average Bonchev–Trinajstić information content (AvgIpc) is 2.84. The second-order valence-electron chi connectivity index (χ2n) is 7.71. The molecule has 0 spiro atoms. The number of amides is 1. The van der Waals surface area contributed by atoms with Crippen LogP contribution in [0.5, 0.6) is 5.75 Å². The Morgan fingerprint density at radius 1 is 0.941 bits per heavy atom. The number of phenolic OH excluding ortho intramolecular Hbond substituents is 1. The van der Waals surface area contributed by atoms with Crippen molar-refractivity contribution in [3.63, 3.8) is 0 Å². The second kappa shape index (κ2) is 9.40. The minimum atomic E-state index is -4.03. The van der Waals surface area contributed by atoms with Crippen molar-refractivity contribution in [3.8, 4) is 5.75 Å². The Balaban J connectivity index is 1.40. The van der Waals surface area contributed by atoms with E-state index in [4.69, 9.17) is 0 Å². The molecule has 10 nitrogen and oxygen atoms in total. The minimum absolute atomic E-state index is 0.176. The quantitative estimate of drug-likeness (QED) is 0.407. The number of rotatable bonds is 6. The van der Waals surface area contributed by atoms with Gasteiger partial charge in [-0.1, -0.05) is 18.2 Å². The van der Waals surface area contributed by atoms with Gasteiger partial charge in [0.25, 0.3) is 21.6 Å². The van der Waals surface area contributed by atoms with E-state index in [0.717, 1.165) is 11.8 Å². The van der Waals surface area contributed by atoms with Crippen LogP contribution in [0.4, 0.5) is 17.1 Å². The number of non-ortho nitro benzene ring substituents is 1. The van der Waals surface area contributed by atoms with Gasteiger partial charge in [-0.15, -0.1) is 0 Å². The molecule has 1 heterocycles. The number of nitrogens with zero attached hydrogens (tertiary/aromatic N) is 3. The molecule has 0 unspecified atom stereocenters. The number of sulfonamides is 1. The molecular weight excluding hydrogens is 460 g/mol. The third kappa shape index (κ3) is 4.94. The van der Waals surface area contributed by atoms with Crippen LogP contribution >= 0.6 is 0 Å². The number of nitro benzene ring substituents is 1. The number of aromatic hydroxyl groups is 1. The van der Waals surface area contributed by atoms with Crippen LogP contribution in [-0.4, -0.2) is 55.4 Å². The van der Waals surface area contributed by atoms with Crippen molar-refractivity contribution in [1.82, 2.24) is 4.90 Å². The van der Waals surface area contributed by atoms with Gasteiger partial charge in [0, 0.05) is 49.6 Å². The minimum Gasteiger partial charge on any atom is -0.506 e. The molecule has 1 fully saturated rings. The fraction of sp³-hybridized carbons (Fsp3) is 0.174. The highest BCUT2D eigenvalue weighted by Gasteiger charge is 2.24. The Bertz CT molecular complexity index is 1320. The normalized spacial score (nSPS) is 14.0. The Morgan fingerprint density at radius 2 is 1.62 bits per heavy atom. The number of hydrogen-bond acceptors (Lipinski definition) is 7. The molecule has 4 rings (SSSR count). The van der Waals surface area contributed by atoms with E-state index in [1.54, 1.807) is 17.0 Å². The van der Waals surface area contributed by atoms with Crippen LogP contribution in [0.1, 0.15) is 10.4 Å². The van der Waals surface area contributed by atoms with Gasteiger partial charge in [0.15, 0.2) is 0 Å². The lowest BCUT2D eigenvalue weighted by atomic mass is 10.1. The van der Waals surface area contributed by atoms with E-state index in [0.29, 0.717) is 31.7 Å². The van der Waals surface area contributed by atoms with Gasteiger partial charge in [-0.25, -0.2) is 8.42 Å². The lowest BCUT2D eigenvalue weighted by molar-refractivity contribution is -0.385. The van der Waals surface area contributed by atoms with Crippen molar-refractivity contribution >= 4 is 33.0 Å². The summed E-state index contributed by atoms with van der Waals surface area (Å²) in [6.45, 7) is 2.11. The third-order valence-electron chi connectivity index (χ3n) is 5.51. The number of anilines is 2. The molecule has 2 N–H and O–H groups in total. The van der Waals surface area contributed by atoms with Crippen LogP contribution in [0.25, 0.3) is 0 Å². The molecule has 1 amide bonds.